The maximum absolute atomic E-state index is 13.4. The quantitative estimate of drug-likeness (QED) is 0.464. The van der Waals surface area contributed by atoms with Crippen molar-refractivity contribution in [2.75, 3.05) is 49.6 Å². The molecule has 1 atom stereocenters. The first-order valence-electron chi connectivity index (χ1n) is 13.6. The summed E-state index contributed by atoms with van der Waals surface area (Å²) in [5.74, 6) is -1.01. The zero-order chi connectivity index (χ0) is 28.8. The summed E-state index contributed by atoms with van der Waals surface area (Å²) < 4.78 is 50.4. The number of aliphatic hydroxyl groups excluding tert-OH is 1. The van der Waals surface area contributed by atoms with Crippen molar-refractivity contribution in [1.82, 2.24) is 14.5 Å². The van der Waals surface area contributed by atoms with Crippen LogP contribution in [0.2, 0.25) is 0 Å². The van der Waals surface area contributed by atoms with Crippen molar-refractivity contribution in [3.8, 4) is 11.4 Å². The van der Waals surface area contributed by atoms with Crippen LogP contribution in [-0.2, 0) is 9.53 Å². The molecule has 1 saturated carbocycles. The van der Waals surface area contributed by atoms with Gasteiger partial charge in [0.2, 0.25) is 5.91 Å². The van der Waals surface area contributed by atoms with Crippen molar-refractivity contribution in [3.05, 3.63) is 53.1 Å². The maximum Gasteiger partial charge on any atom is 0.573 e. The summed E-state index contributed by atoms with van der Waals surface area (Å²) in [5, 5.41) is 13.0. The number of carbonyl (C=O) groups excluding carboxylic acids is 1. The topological polar surface area (TPSA) is 109 Å². The molecule has 10 nitrogen and oxygen atoms in total. The molecule has 3 aromatic rings. The van der Waals surface area contributed by atoms with Gasteiger partial charge in [-0.1, -0.05) is 0 Å². The first-order chi connectivity index (χ1) is 19.6. The lowest BCUT2D eigenvalue weighted by molar-refractivity contribution is -0.274. The third-order valence-corrected chi connectivity index (χ3v) is 7.98. The number of rotatable bonds is 6. The molecule has 0 spiro atoms. The molecule has 3 aliphatic rings. The van der Waals surface area contributed by atoms with Gasteiger partial charge in [-0.3, -0.25) is 19.1 Å². The van der Waals surface area contributed by atoms with Crippen molar-refractivity contribution in [3.63, 3.8) is 0 Å². The zero-order valence-electron chi connectivity index (χ0n) is 22.2. The van der Waals surface area contributed by atoms with E-state index in [2.05, 4.69) is 15.0 Å². The zero-order valence-corrected chi connectivity index (χ0v) is 22.2. The number of hydrogen-bond acceptors (Lipinski definition) is 8. The number of nitrogens with zero attached hydrogens (tertiary/aromatic N) is 4. The van der Waals surface area contributed by atoms with Crippen molar-refractivity contribution in [1.29, 1.82) is 0 Å². The molecule has 1 amide bonds. The fourth-order valence-electron chi connectivity index (χ4n) is 5.69. The fraction of sp³-hybridized carbons (Fsp3) is 0.464. The van der Waals surface area contributed by atoms with Gasteiger partial charge in [0, 0.05) is 31.9 Å². The van der Waals surface area contributed by atoms with Gasteiger partial charge >= 0.3 is 6.36 Å². The lowest BCUT2D eigenvalue weighted by atomic mass is 10.1. The molecule has 3 heterocycles. The van der Waals surface area contributed by atoms with Crippen molar-refractivity contribution in [2.45, 2.75) is 43.7 Å². The van der Waals surface area contributed by atoms with Gasteiger partial charge in [-0.25, -0.2) is 4.98 Å². The van der Waals surface area contributed by atoms with E-state index in [-0.39, 0.29) is 11.4 Å². The molecule has 1 aromatic heterocycles. The lowest BCUT2D eigenvalue weighted by Gasteiger charge is -2.34. The number of carbonyl (C=O) groups is 1. The van der Waals surface area contributed by atoms with E-state index in [1.807, 2.05) is 9.80 Å². The third kappa shape index (κ3) is 5.61. The highest BCUT2D eigenvalue weighted by Crippen LogP contribution is 2.44. The standard InChI is InChI=1S/C28H30F3N5O5/c29-28(30,31)41-24-6-4-19(15-23(24)33-26(39)27(7-8-27)35-10-12-40-13-11-35)36-17-32-22-14-18(3-5-21(22)25(36)38)34-9-1-2-20(37)16-34/h3-6,14-15,17,20,37H,1-2,7-13,16H2,(H,33,39). The molecule has 41 heavy (non-hydrogen) atoms. The van der Waals surface area contributed by atoms with Crippen LogP contribution >= 0.6 is 0 Å². The number of hydrogen-bond donors (Lipinski definition) is 2. The van der Waals surface area contributed by atoms with Crippen LogP contribution in [0.1, 0.15) is 25.7 Å². The summed E-state index contributed by atoms with van der Waals surface area (Å²) in [7, 11) is 0. The average Bonchev–Trinajstić information content (AvgIpc) is 3.76. The van der Waals surface area contributed by atoms with Gasteiger partial charge in [-0.05, 0) is 62.1 Å². The predicted molar refractivity (Wildman–Crippen MR) is 144 cm³/mol. The molecule has 0 bridgehead atoms. The highest BCUT2D eigenvalue weighted by molar-refractivity contribution is 6.01. The minimum Gasteiger partial charge on any atom is -0.404 e. The molecule has 3 fully saturated rings. The second kappa shape index (κ2) is 10.6. The van der Waals surface area contributed by atoms with Crippen LogP contribution in [0.25, 0.3) is 16.6 Å². The van der Waals surface area contributed by atoms with E-state index in [0.717, 1.165) is 31.1 Å². The van der Waals surface area contributed by atoms with Gasteiger partial charge in [0.1, 0.15) is 11.9 Å². The monoisotopic (exact) mass is 573 g/mol. The second-order valence-corrected chi connectivity index (χ2v) is 10.7. The number of piperidine rings is 1. The molecular weight excluding hydrogens is 543 g/mol. The third-order valence-electron chi connectivity index (χ3n) is 7.98. The first-order valence-corrected chi connectivity index (χ1v) is 13.6. The summed E-state index contributed by atoms with van der Waals surface area (Å²) in [6.07, 6.45) is -1.32. The molecule has 1 aliphatic carbocycles. The Kier molecular flexibility index (Phi) is 7.12. The molecule has 218 valence electrons. The predicted octanol–water partition coefficient (Wildman–Crippen LogP) is 3.05. The Morgan fingerprint density at radius 3 is 2.56 bits per heavy atom. The number of fused-ring (bicyclic) bond motifs is 1. The Balaban J connectivity index is 1.32. The number of alkyl halides is 3. The van der Waals surface area contributed by atoms with Crippen LogP contribution in [0.3, 0.4) is 0 Å². The van der Waals surface area contributed by atoms with Crippen LogP contribution in [-0.4, -0.2) is 82.9 Å². The number of nitrogens with one attached hydrogen (secondary N) is 1. The molecule has 2 aromatic carbocycles. The number of morpholine rings is 1. The molecule has 2 saturated heterocycles. The normalized spacial score (nSPS) is 21.1. The average molecular weight is 574 g/mol. The molecule has 0 radical (unpaired) electrons. The number of anilines is 2. The summed E-state index contributed by atoms with van der Waals surface area (Å²) >= 11 is 0. The molecular formula is C28H30F3N5O5. The number of ether oxygens (including phenoxy) is 2. The number of aromatic nitrogens is 2. The summed E-state index contributed by atoms with van der Waals surface area (Å²) in [4.78, 5) is 35.3. The number of halogens is 3. The van der Waals surface area contributed by atoms with E-state index in [9.17, 15) is 27.9 Å². The molecule has 2 aliphatic heterocycles. The van der Waals surface area contributed by atoms with Gasteiger partial charge in [0.05, 0.1) is 41.6 Å². The Hall–Kier alpha value is -3.68. The largest absolute Gasteiger partial charge is 0.573 e. The summed E-state index contributed by atoms with van der Waals surface area (Å²) in [6.45, 7) is 3.34. The molecule has 6 rings (SSSR count). The minimum absolute atomic E-state index is 0.199. The van der Waals surface area contributed by atoms with Gasteiger partial charge in [0.25, 0.3) is 5.56 Å². The van der Waals surface area contributed by atoms with Gasteiger partial charge < -0.3 is 24.8 Å². The second-order valence-electron chi connectivity index (χ2n) is 10.7. The van der Waals surface area contributed by atoms with Crippen LogP contribution in [0.4, 0.5) is 24.5 Å². The number of benzene rings is 2. The number of amides is 1. The van der Waals surface area contributed by atoms with E-state index in [1.165, 1.54) is 23.0 Å². The van der Waals surface area contributed by atoms with E-state index < -0.39 is 35.2 Å². The number of aliphatic hydroxyl groups is 1. The van der Waals surface area contributed by atoms with Crippen LogP contribution in [0.5, 0.6) is 5.75 Å². The van der Waals surface area contributed by atoms with E-state index >= 15 is 0 Å². The number of β-amino-alcohol motifs (C(OH)–C–C–N with tert-alkyl or cyclic N) is 1. The van der Waals surface area contributed by atoms with Crippen LogP contribution in [0.15, 0.2) is 47.5 Å². The molecule has 13 heteroatoms. The maximum atomic E-state index is 13.4. The Morgan fingerprint density at radius 2 is 1.85 bits per heavy atom. The Bertz CT molecular complexity index is 1520. The lowest BCUT2D eigenvalue weighted by Crippen LogP contribution is -2.51. The first kappa shape index (κ1) is 27.5. The Labute approximate surface area is 233 Å². The van der Waals surface area contributed by atoms with Crippen LogP contribution in [0, 0.1) is 0 Å². The highest BCUT2D eigenvalue weighted by atomic mass is 19.4. The van der Waals surface area contributed by atoms with Crippen molar-refractivity contribution in [2.24, 2.45) is 0 Å². The Morgan fingerprint density at radius 1 is 1.10 bits per heavy atom. The van der Waals surface area contributed by atoms with Gasteiger partial charge in [0.15, 0.2) is 5.75 Å². The van der Waals surface area contributed by atoms with Crippen molar-refractivity contribution < 1.29 is 32.5 Å². The van der Waals surface area contributed by atoms with Crippen molar-refractivity contribution >= 4 is 28.2 Å². The highest BCUT2D eigenvalue weighted by Gasteiger charge is 2.54. The summed E-state index contributed by atoms with van der Waals surface area (Å²) in [5.41, 5.74) is 0.0843. The van der Waals surface area contributed by atoms with E-state index in [0.29, 0.717) is 56.6 Å². The molecule has 1 unspecified atom stereocenters. The summed E-state index contributed by atoms with van der Waals surface area (Å²) in [6, 6.07) is 8.90. The van der Waals surface area contributed by atoms with Gasteiger partial charge in [-0.15, -0.1) is 13.2 Å². The fourth-order valence-corrected chi connectivity index (χ4v) is 5.69. The molecule has 2 N–H and O–H groups in total. The van der Waals surface area contributed by atoms with Crippen LogP contribution < -0.4 is 20.5 Å². The van der Waals surface area contributed by atoms with E-state index in [1.54, 1.807) is 18.2 Å². The van der Waals surface area contributed by atoms with E-state index in [4.69, 9.17) is 4.74 Å². The SMILES string of the molecule is O=C(Nc1cc(-n2cnc3cc(N4CCCC(O)C4)ccc3c2=O)ccc1OC(F)(F)F)C1(N2CCOCC2)CC1. The smallest absolute Gasteiger partial charge is 0.404 e. The van der Waals surface area contributed by atoms with Gasteiger partial charge in [-0.2, -0.15) is 0 Å². The minimum atomic E-state index is -4.98.